The second-order valence-electron chi connectivity index (χ2n) is 8.32. The number of hydrogen-bond donors (Lipinski definition) is 2. The number of ether oxygens (including phenoxy) is 1. The zero-order valence-corrected chi connectivity index (χ0v) is 17.1. The van der Waals surface area contributed by atoms with Crippen LogP contribution in [0, 0.1) is 18.3 Å². The smallest absolute Gasteiger partial charge is 0.240 e. The molecule has 3 unspecified atom stereocenters. The molecule has 1 aliphatic rings. The van der Waals surface area contributed by atoms with Gasteiger partial charge in [-0.05, 0) is 34.6 Å². The minimum absolute atomic E-state index is 0.0510. The van der Waals surface area contributed by atoms with Crippen LogP contribution in [0.2, 0.25) is 0 Å². The minimum Gasteiger partial charge on any atom is -0.473 e. The Morgan fingerprint density at radius 1 is 1.46 bits per heavy atom. The molecular weight excluding hydrogens is 356 g/mol. The van der Waals surface area contributed by atoms with Gasteiger partial charge in [-0.1, -0.05) is 0 Å². The van der Waals surface area contributed by atoms with Crippen LogP contribution in [0.4, 0.5) is 0 Å². The van der Waals surface area contributed by atoms with Crippen LogP contribution in [0.3, 0.4) is 0 Å². The Bertz CT molecular complexity index is 911. The number of carbonyl (C=O) groups is 1. The highest BCUT2D eigenvalue weighted by Crippen LogP contribution is 2.27. The molecule has 0 spiro atoms. The quantitative estimate of drug-likeness (QED) is 0.747. The minimum atomic E-state index is -0.375. The first-order valence-corrected chi connectivity index (χ1v) is 9.52. The lowest BCUT2D eigenvalue weighted by Crippen LogP contribution is -2.26. The number of hydrogen-bond acceptors (Lipinski definition) is 6. The van der Waals surface area contributed by atoms with Gasteiger partial charge in [-0.15, -0.1) is 0 Å². The number of aryl methyl sites for hydroxylation is 1. The van der Waals surface area contributed by atoms with Crippen molar-refractivity contribution in [2.75, 3.05) is 6.54 Å². The summed E-state index contributed by atoms with van der Waals surface area (Å²) in [7, 11) is 0. The summed E-state index contributed by atoms with van der Waals surface area (Å²) in [5.41, 5.74) is 2.16. The fourth-order valence-corrected chi connectivity index (χ4v) is 3.12. The first kappa shape index (κ1) is 20.0. The Kier molecular flexibility index (Phi) is 5.49. The molecule has 0 aliphatic carbocycles. The molecule has 1 aliphatic heterocycles. The fraction of sp³-hybridized carbons (Fsp3) is 0.550. The fourth-order valence-electron chi connectivity index (χ4n) is 3.12. The third kappa shape index (κ3) is 4.37. The number of nitrogens with one attached hydrogen (secondary N) is 2. The van der Waals surface area contributed by atoms with Crippen LogP contribution in [-0.4, -0.2) is 51.1 Å². The second kappa shape index (κ2) is 7.69. The van der Waals surface area contributed by atoms with Gasteiger partial charge in [-0.2, -0.15) is 5.10 Å². The van der Waals surface area contributed by atoms with E-state index < -0.39 is 0 Å². The van der Waals surface area contributed by atoms with Gasteiger partial charge >= 0.3 is 0 Å². The number of amides is 1. The van der Waals surface area contributed by atoms with E-state index in [9.17, 15) is 4.79 Å². The largest absolute Gasteiger partial charge is 0.473 e. The molecule has 8 nitrogen and oxygen atoms in total. The van der Waals surface area contributed by atoms with Crippen molar-refractivity contribution in [2.24, 2.45) is 10.9 Å². The lowest BCUT2D eigenvalue weighted by molar-refractivity contribution is -0.119. The summed E-state index contributed by atoms with van der Waals surface area (Å²) in [5, 5.41) is 15.1. The summed E-state index contributed by atoms with van der Waals surface area (Å²) in [4.78, 5) is 20.8. The van der Waals surface area contributed by atoms with Gasteiger partial charge in [-0.3, -0.25) is 9.79 Å². The van der Waals surface area contributed by atoms with Crippen molar-refractivity contribution < 1.29 is 9.53 Å². The summed E-state index contributed by atoms with van der Waals surface area (Å²) in [6.45, 7) is 10.5. The molecule has 1 amide bonds. The Balaban J connectivity index is 1.96. The van der Waals surface area contributed by atoms with Crippen molar-refractivity contribution in [3.63, 3.8) is 0 Å². The third-order valence-corrected chi connectivity index (χ3v) is 4.78. The summed E-state index contributed by atoms with van der Waals surface area (Å²) in [6.07, 6.45) is 6.90. The molecule has 28 heavy (non-hydrogen) atoms. The van der Waals surface area contributed by atoms with E-state index in [1.165, 1.54) is 6.21 Å². The van der Waals surface area contributed by atoms with Gasteiger partial charge in [0.25, 0.3) is 0 Å². The first-order chi connectivity index (χ1) is 13.2. The molecule has 1 saturated heterocycles. The van der Waals surface area contributed by atoms with E-state index in [1.54, 1.807) is 16.9 Å². The van der Waals surface area contributed by atoms with Crippen molar-refractivity contribution in [1.29, 1.82) is 5.41 Å². The van der Waals surface area contributed by atoms with Gasteiger partial charge < -0.3 is 15.5 Å². The van der Waals surface area contributed by atoms with Crippen molar-refractivity contribution in [3.05, 3.63) is 23.7 Å². The lowest BCUT2D eigenvalue weighted by atomic mass is 10.0. The van der Waals surface area contributed by atoms with E-state index in [2.05, 4.69) is 15.4 Å². The molecule has 2 aromatic rings. The Morgan fingerprint density at radius 2 is 2.21 bits per heavy atom. The Hall–Kier alpha value is -2.77. The van der Waals surface area contributed by atoms with Crippen LogP contribution in [0.1, 0.15) is 51.3 Å². The SMILES string of the molecule is Cc1cnn2cc(C(C=N)C=NC(C)(C)C)nc(OC(C)C3CNC(=O)C3)c12. The maximum atomic E-state index is 11.5. The predicted octanol–water partition coefficient (Wildman–Crippen LogP) is 2.54. The second-order valence-corrected chi connectivity index (χ2v) is 8.32. The third-order valence-electron chi connectivity index (χ3n) is 4.78. The van der Waals surface area contributed by atoms with Crippen LogP contribution in [0.15, 0.2) is 17.4 Å². The molecular formula is C20H28N6O2. The van der Waals surface area contributed by atoms with Crippen LogP contribution >= 0.6 is 0 Å². The lowest BCUT2D eigenvalue weighted by Gasteiger charge is -2.20. The highest BCUT2D eigenvalue weighted by molar-refractivity contribution is 5.88. The number of nitrogens with zero attached hydrogens (tertiary/aromatic N) is 4. The van der Waals surface area contributed by atoms with E-state index in [1.807, 2.05) is 40.8 Å². The molecule has 0 aromatic carbocycles. The molecule has 0 bridgehead atoms. The van der Waals surface area contributed by atoms with Crippen LogP contribution in [0.5, 0.6) is 5.88 Å². The molecule has 3 atom stereocenters. The van der Waals surface area contributed by atoms with E-state index in [0.29, 0.717) is 24.5 Å². The highest BCUT2D eigenvalue weighted by Gasteiger charge is 2.29. The number of aliphatic imine (C=N–C) groups is 1. The topological polar surface area (TPSA) is 105 Å². The summed E-state index contributed by atoms with van der Waals surface area (Å²) >= 11 is 0. The van der Waals surface area contributed by atoms with Crippen LogP contribution < -0.4 is 10.1 Å². The molecule has 2 N–H and O–H groups in total. The predicted molar refractivity (Wildman–Crippen MR) is 109 cm³/mol. The van der Waals surface area contributed by atoms with Gasteiger partial charge in [0.05, 0.1) is 29.5 Å². The highest BCUT2D eigenvalue weighted by atomic mass is 16.5. The standard InChI is InChI=1S/C20H28N6O2/c1-12-8-24-26-11-16(15(7-21)10-23-20(3,4)5)25-19(18(12)26)28-13(2)14-6-17(27)22-9-14/h7-8,10-11,13-15,21H,6,9H2,1-5H3,(H,22,27). The molecule has 3 rings (SSSR count). The summed E-state index contributed by atoms with van der Waals surface area (Å²) < 4.78 is 7.93. The number of carbonyl (C=O) groups excluding carboxylic acids is 1. The molecule has 8 heteroatoms. The summed E-state index contributed by atoms with van der Waals surface area (Å²) in [5.74, 6) is 0.244. The van der Waals surface area contributed by atoms with E-state index in [0.717, 1.165) is 11.1 Å². The summed E-state index contributed by atoms with van der Waals surface area (Å²) in [6, 6.07) is 0. The molecule has 2 aromatic heterocycles. The first-order valence-electron chi connectivity index (χ1n) is 9.52. The van der Waals surface area contributed by atoms with Gasteiger partial charge in [0, 0.05) is 36.9 Å². The number of fused-ring (bicyclic) bond motifs is 1. The van der Waals surface area contributed by atoms with E-state index in [-0.39, 0.29) is 29.4 Å². The average Bonchev–Trinajstić information content (AvgIpc) is 3.21. The molecule has 0 radical (unpaired) electrons. The number of aromatic nitrogens is 3. The van der Waals surface area contributed by atoms with Crippen molar-refractivity contribution in [3.8, 4) is 5.88 Å². The van der Waals surface area contributed by atoms with Crippen molar-refractivity contribution in [2.45, 2.75) is 58.6 Å². The molecule has 0 saturated carbocycles. The van der Waals surface area contributed by atoms with Gasteiger partial charge in [0.15, 0.2) is 0 Å². The monoisotopic (exact) mass is 384 g/mol. The van der Waals surface area contributed by atoms with Crippen molar-refractivity contribution in [1.82, 2.24) is 19.9 Å². The van der Waals surface area contributed by atoms with Crippen LogP contribution in [0.25, 0.3) is 5.52 Å². The normalized spacial score (nSPS) is 19.8. The van der Waals surface area contributed by atoms with Gasteiger partial charge in [-0.25, -0.2) is 9.50 Å². The van der Waals surface area contributed by atoms with Crippen LogP contribution in [-0.2, 0) is 4.79 Å². The Morgan fingerprint density at radius 3 is 2.82 bits per heavy atom. The van der Waals surface area contributed by atoms with Gasteiger partial charge in [0.2, 0.25) is 11.8 Å². The van der Waals surface area contributed by atoms with Crippen molar-refractivity contribution >= 4 is 23.9 Å². The van der Waals surface area contributed by atoms with E-state index >= 15 is 0 Å². The average molecular weight is 384 g/mol. The Labute approximate surface area is 164 Å². The maximum absolute atomic E-state index is 11.5. The maximum Gasteiger partial charge on any atom is 0.240 e. The zero-order valence-electron chi connectivity index (χ0n) is 17.1. The molecule has 1 fully saturated rings. The van der Waals surface area contributed by atoms with Gasteiger partial charge in [0.1, 0.15) is 11.6 Å². The molecule has 3 heterocycles. The zero-order chi connectivity index (χ0) is 20.5. The van der Waals surface area contributed by atoms with E-state index in [4.69, 9.17) is 15.1 Å². The molecule has 150 valence electrons. The number of rotatable bonds is 6.